The van der Waals surface area contributed by atoms with Crippen molar-refractivity contribution in [3.63, 3.8) is 0 Å². The average molecular weight is 957 g/mol. The topological polar surface area (TPSA) is 161 Å². The van der Waals surface area contributed by atoms with Gasteiger partial charge in [-0.2, -0.15) is 18.4 Å². The second kappa shape index (κ2) is 19.3. The molecule has 2 aromatic carbocycles. The number of nitrogens with one attached hydrogen (secondary N) is 2. The lowest BCUT2D eigenvalue weighted by Gasteiger charge is -2.46. The third-order valence-corrected chi connectivity index (χ3v) is 17.6. The van der Waals surface area contributed by atoms with Gasteiger partial charge in [0.05, 0.1) is 17.6 Å². The van der Waals surface area contributed by atoms with Crippen LogP contribution in [0.5, 0.6) is 0 Å². The molecule has 66 heavy (non-hydrogen) atoms. The number of hydrogen-bond acceptors (Lipinski definition) is 10. The lowest BCUT2D eigenvalue weighted by molar-refractivity contribution is -0.154. The summed E-state index contributed by atoms with van der Waals surface area (Å²) in [5.41, 5.74) is 0.667. The largest absolute Gasteiger partial charge is 0.465 e. The molecule has 3 aliphatic heterocycles. The van der Waals surface area contributed by atoms with Gasteiger partial charge in [-0.1, -0.05) is 43.3 Å². The van der Waals surface area contributed by atoms with Crippen LogP contribution in [0.3, 0.4) is 0 Å². The maximum Gasteiger partial charge on any atom is 0.412 e. The van der Waals surface area contributed by atoms with Crippen LogP contribution in [0.15, 0.2) is 54.6 Å². The lowest BCUT2D eigenvalue weighted by Crippen LogP contribution is -2.59. The van der Waals surface area contributed by atoms with Gasteiger partial charge in [0.1, 0.15) is 18.1 Å². The van der Waals surface area contributed by atoms with E-state index in [4.69, 9.17) is 4.74 Å². The van der Waals surface area contributed by atoms with Gasteiger partial charge in [-0.05, 0) is 119 Å². The number of amides is 3. The third kappa shape index (κ3) is 10.1. The Kier molecular flexibility index (Phi) is 14.1. The normalized spacial score (nSPS) is 27.9. The quantitative estimate of drug-likeness (QED) is 0.0861. The van der Waals surface area contributed by atoms with Crippen LogP contribution in [-0.4, -0.2) is 113 Å². The highest BCUT2D eigenvalue weighted by molar-refractivity contribution is 7.57. The molecule has 1 spiro atoms. The average Bonchev–Trinajstić information content (AvgIpc) is 3.56. The summed E-state index contributed by atoms with van der Waals surface area (Å²) in [6.07, 6.45) is 2.42. The molecule has 2 saturated carbocycles. The number of rotatable bonds is 15. The first kappa shape index (κ1) is 48.1. The number of ether oxygens (including phenoxy) is 1. The van der Waals surface area contributed by atoms with Gasteiger partial charge in [0.2, 0.25) is 17.7 Å². The monoisotopic (exact) mass is 956 g/mol. The Morgan fingerprint density at radius 3 is 2.47 bits per heavy atom. The summed E-state index contributed by atoms with van der Waals surface area (Å²) in [5.74, 6) is -4.33. The molecule has 5 aliphatic rings. The standard InChI is InChI=1S/C47H57F4N6O7PS/c1-4-18-63-45(61)28(2)54-65(62,64-27-47(49,50)51)41(48)31-10-15-39-32(21-31)22-40(66-39)42(58)53-37-13-11-34(55(3)36-19-29(20-36)25-52)23-35-12-14-38(57(35)43(37)59)44(60)56-26-33(24-46(56)16-17-46)30-8-6-5-7-9-30/h5-10,15,21-22,28-29,33-38,41H,4,11-14,16-20,23-24,26-27H2,1-3H3,(H,53,58)(H,54,62)/t28-,29?,33+,34-,35+,36?,37?,38-,41+,65?/m0/s1. The lowest BCUT2D eigenvalue weighted by atomic mass is 9.79. The van der Waals surface area contributed by atoms with E-state index in [1.807, 2.05) is 23.1 Å². The number of esters is 1. The Labute approximate surface area is 386 Å². The molecule has 19 heteroatoms. The summed E-state index contributed by atoms with van der Waals surface area (Å²) in [4.78, 5) is 62.6. The number of nitrogens with zero attached hydrogens (tertiary/aromatic N) is 4. The molecule has 8 rings (SSSR count). The van der Waals surface area contributed by atoms with E-state index < -0.39 is 56.2 Å². The van der Waals surface area contributed by atoms with E-state index in [0.29, 0.717) is 55.2 Å². The minimum absolute atomic E-state index is 0.00129. The van der Waals surface area contributed by atoms with Crippen molar-refractivity contribution in [2.24, 2.45) is 5.92 Å². The number of benzene rings is 2. The molecule has 3 aromatic rings. The van der Waals surface area contributed by atoms with Gasteiger partial charge < -0.3 is 29.3 Å². The summed E-state index contributed by atoms with van der Waals surface area (Å²) < 4.78 is 80.1. The molecule has 2 N–H and O–H groups in total. The summed E-state index contributed by atoms with van der Waals surface area (Å²) in [6.45, 7) is 1.44. The molecule has 2 unspecified atom stereocenters. The van der Waals surface area contributed by atoms with Crippen LogP contribution in [0, 0.1) is 17.2 Å². The van der Waals surface area contributed by atoms with Crippen LogP contribution < -0.4 is 10.4 Å². The highest BCUT2D eigenvalue weighted by Gasteiger charge is 2.59. The number of likely N-dealkylation sites (tertiary alicyclic amines) is 1. The molecule has 2 aliphatic carbocycles. The van der Waals surface area contributed by atoms with E-state index in [2.05, 4.69) is 45.1 Å². The zero-order valence-corrected chi connectivity index (χ0v) is 39.0. The Balaban J connectivity index is 1.02. The van der Waals surface area contributed by atoms with Gasteiger partial charge in [0.15, 0.2) is 6.61 Å². The molecular formula is C47H57F4N6O7PS. The molecule has 5 fully saturated rings. The Morgan fingerprint density at radius 1 is 1.05 bits per heavy atom. The maximum absolute atomic E-state index is 16.3. The fourth-order valence-electron chi connectivity index (χ4n) is 10.5. The van der Waals surface area contributed by atoms with Gasteiger partial charge in [0, 0.05) is 46.7 Å². The second-order valence-electron chi connectivity index (χ2n) is 18.8. The Hall–Kier alpha value is -4.40. The van der Waals surface area contributed by atoms with Crippen molar-refractivity contribution < 1.29 is 50.6 Å². The molecule has 1 aromatic heterocycles. The number of fused-ring (bicyclic) bond motifs is 2. The van der Waals surface area contributed by atoms with Gasteiger partial charge in [0.25, 0.3) is 5.91 Å². The zero-order chi connectivity index (χ0) is 47.1. The molecule has 4 heterocycles. The van der Waals surface area contributed by atoms with Crippen molar-refractivity contribution in [2.45, 2.75) is 144 Å². The fraction of sp³-hybridized carbons (Fsp3) is 0.596. The maximum atomic E-state index is 16.3. The Morgan fingerprint density at radius 2 is 1.79 bits per heavy atom. The fourth-order valence-corrected chi connectivity index (χ4v) is 13.3. The number of halogens is 4. The Bertz CT molecular complexity index is 2390. The van der Waals surface area contributed by atoms with Crippen LogP contribution in [0.2, 0.25) is 0 Å². The molecule has 13 nitrogen and oxygen atoms in total. The summed E-state index contributed by atoms with van der Waals surface area (Å²) in [6, 6.07) is 14.8. The summed E-state index contributed by atoms with van der Waals surface area (Å²) in [7, 11) is -3.02. The molecular weight excluding hydrogens is 900 g/mol. The van der Waals surface area contributed by atoms with E-state index >= 15 is 4.39 Å². The SMILES string of the molecule is CCCOC(=O)[C@H](C)NP(=O)(OCC(F)(F)F)[C@@H](F)c1ccc2sc(C(=O)NC3CC[C@H](N(C)C4CC(C#N)C4)C[C@H]4CC[C@@H](C(=O)N5C[C@H](c6ccccc6)CC56CC6)N4C3=O)cc2c1. The van der Waals surface area contributed by atoms with Gasteiger partial charge in [-0.3, -0.25) is 23.7 Å². The number of thiophene rings is 1. The van der Waals surface area contributed by atoms with Crippen molar-refractivity contribution >= 4 is 52.6 Å². The van der Waals surface area contributed by atoms with E-state index in [9.17, 15) is 42.2 Å². The minimum Gasteiger partial charge on any atom is -0.465 e. The van der Waals surface area contributed by atoms with Gasteiger partial charge in [-0.15, -0.1) is 11.3 Å². The van der Waals surface area contributed by atoms with E-state index in [1.54, 1.807) is 11.8 Å². The van der Waals surface area contributed by atoms with Crippen LogP contribution in [0.4, 0.5) is 17.6 Å². The summed E-state index contributed by atoms with van der Waals surface area (Å²) >= 11 is 1.06. The first-order valence-corrected chi connectivity index (χ1v) is 25.5. The first-order chi connectivity index (χ1) is 31.4. The van der Waals surface area contributed by atoms with Crippen molar-refractivity contribution in [3.8, 4) is 6.07 Å². The number of alkyl halides is 4. The van der Waals surface area contributed by atoms with Crippen LogP contribution in [0.25, 0.3) is 10.1 Å². The van der Waals surface area contributed by atoms with Gasteiger partial charge >= 0.3 is 19.7 Å². The van der Waals surface area contributed by atoms with Gasteiger partial charge in [-0.25, -0.2) is 9.48 Å². The number of nitriles is 1. The predicted octanol–water partition coefficient (Wildman–Crippen LogP) is 8.37. The van der Waals surface area contributed by atoms with Crippen molar-refractivity contribution in [2.75, 3.05) is 26.8 Å². The highest BCUT2D eigenvalue weighted by atomic mass is 32.1. The molecule has 356 valence electrons. The zero-order valence-electron chi connectivity index (χ0n) is 37.3. The first-order valence-electron chi connectivity index (χ1n) is 23.0. The molecule has 3 saturated heterocycles. The van der Waals surface area contributed by atoms with Crippen molar-refractivity contribution in [1.82, 2.24) is 25.1 Å². The van der Waals surface area contributed by atoms with Crippen LogP contribution >= 0.6 is 18.9 Å². The summed E-state index contributed by atoms with van der Waals surface area (Å²) in [5, 5.41) is 14.9. The second-order valence-corrected chi connectivity index (χ2v) is 22.1. The van der Waals surface area contributed by atoms with Crippen LogP contribution in [0.1, 0.15) is 117 Å². The van der Waals surface area contributed by atoms with E-state index in [-0.39, 0.29) is 64.4 Å². The van der Waals surface area contributed by atoms with E-state index in [1.165, 1.54) is 36.8 Å². The minimum atomic E-state index is -5.07. The van der Waals surface area contributed by atoms with E-state index in [0.717, 1.165) is 43.4 Å². The number of carbonyl (C=O) groups is 4. The van der Waals surface area contributed by atoms with Crippen LogP contribution in [-0.2, 0) is 28.2 Å². The molecule has 8 atom stereocenters. The molecule has 3 amide bonds. The highest BCUT2D eigenvalue weighted by Crippen LogP contribution is 2.59. The third-order valence-electron chi connectivity index (χ3n) is 14.3. The molecule has 0 radical (unpaired) electrons. The number of hydrogen-bond donors (Lipinski definition) is 2. The van der Waals surface area contributed by atoms with Crippen molar-refractivity contribution in [1.29, 1.82) is 5.26 Å². The number of carbonyl (C=O) groups excluding carboxylic acids is 4. The predicted molar refractivity (Wildman–Crippen MR) is 239 cm³/mol. The molecule has 0 bridgehead atoms. The van der Waals surface area contributed by atoms with Crippen molar-refractivity contribution in [3.05, 3.63) is 70.6 Å². The smallest absolute Gasteiger partial charge is 0.412 e.